The quantitative estimate of drug-likeness (QED) is 0.293. The first kappa shape index (κ1) is 26.0. The van der Waals surface area contributed by atoms with Gasteiger partial charge in [-0.15, -0.1) is 0 Å². The van der Waals surface area contributed by atoms with Gasteiger partial charge in [-0.2, -0.15) is 5.26 Å². The second-order valence-corrected chi connectivity index (χ2v) is 8.45. The monoisotopic (exact) mass is 510 g/mol. The zero-order valence-electron chi connectivity index (χ0n) is 21.5. The maximum Gasteiger partial charge on any atom is 0.338 e. The first-order valence-electron chi connectivity index (χ1n) is 11.7. The number of carbonyl (C=O) groups excluding carboxylic acids is 2. The Balaban J connectivity index is 1.64. The van der Waals surface area contributed by atoms with Crippen LogP contribution in [-0.4, -0.2) is 32.7 Å². The number of hydrogen-bond acceptors (Lipinski definition) is 7. The molecule has 0 bridgehead atoms. The van der Waals surface area contributed by atoms with Crippen LogP contribution in [-0.2, 0) is 9.53 Å². The van der Waals surface area contributed by atoms with Gasteiger partial charge in [0.25, 0.3) is 5.91 Å². The van der Waals surface area contributed by atoms with Gasteiger partial charge in [-0.3, -0.25) is 10.1 Å². The van der Waals surface area contributed by atoms with Crippen LogP contribution < -0.4 is 14.8 Å². The van der Waals surface area contributed by atoms with Crippen molar-refractivity contribution in [2.75, 3.05) is 26.1 Å². The summed E-state index contributed by atoms with van der Waals surface area (Å²) in [6, 6.07) is 21.7. The molecule has 0 spiro atoms. The van der Waals surface area contributed by atoms with Crippen LogP contribution in [0.15, 0.2) is 71.1 Å². The van der Waals surface area contributed by atoms with Crippen LogP contribution in [0.5, 0.6) is 11.5 Å². The number of aryl methyl sites for hydroxylation is 1. The van der Waals surface area contributed by atoms with Crippen LogP contribution in [0.2, 0.25) is 0 Å². The van der Waals surface area contributed by atoms with Gasteiger partial charge >= 0.3 is 5.97 Å². The van der Waals surface area contributed by atoms with Crippen molar-refractivity contribution in [3.05, 3.63) is 89.0 Å². The molecule has 192 valence electrons. The van der Waals surface area contributed by atoms with Gasteiger partial charge in [-0.1, -0.05) is 24.3 Å². The van der Waals surface area contributed by atoms with Crippen LogP contribution in [0, 0.1) is 25.2 Å². The molecule has 0 saturated heterocycles. The molecule has 1 aromatic heterocycles. The van der Waals surface area contributed by atoms with Gasteiger partial charge < -0.3 is 18.6 Å². The first-order valence-corrected chi connectivity index (χ1v) is 11.7. The molecule has 4 aromatic rings. The van der Waals surface area contributed by atoms with Gasteiger partial charge in [0.15, 0.2) is 6.61 Å². The fourth-order valence-electron chi connectivity index (χ4n) is 3.95. The Kier molecular flexibility index (Phi) is 7.78. The highest BCUT2D eigenvalue weighted by molar-refractivity contribution is 5.98. The van der Waals surface area contributed by atoms with Gasteiger partial charge in [-0.05, 0) is 73.0 Å². The maximum atomic E-state index is 12.7. The van der Waals surface area contributed by atoms with E-state index in [0.29, 0.717) is 39.5 Å². The van der Waals surface area contributed by atoms with Gasteiger partial charge in [0, 0.05) is 11.1 Å². The number of nitriles is 1. The molecule has 0 saturated carbocycles. The molecular formula is C30H26N2O6. The van der Waals surface area contributed by atoms with Gasteiger partial charge in [0.1, 0.15) is 28.9 Å². The lowest BCUT2D eigenvalue weighted by Gasteiger charge is -2.08. The number of methoxy groups -OCH3 is 2. The second-order valence-electron chi connectivity index (χ2n) is 8.45. The molecule has 0 fully saturated rings. The maximum absolute atomic E-state index is 12.7. The molecule has 0 aliphatic rings. The largest absolute Gasteiger partial charge is 0.497 e. The van der Waals surface area contributed by atoms with Crippen molar-refractivity contribution in [1.29, 1.82) is 5.26 Å². The van der Waals surface area contributed by atoms with E-state index in [2.05, 4.69) is 11.4 Å². The van der Waals surface area contributed by atoms with Crippen molar-refractivity contribution in [3.63, 3.8) is 0 Å². The molecule has 0 radical (unpaired) electrons. The van der Waals surface area contributed by atoms with Crippen molar-refractivity contribution in [2.24, 2.45) is 0 Å². The molecular weight excluding hydrogens is 484 g/mol. The molecule has 8 heteroatoms. The van der Waals surface area contributed by atoms with Crippen LogP contribution in [0.3, 0.4) is 0 Å². The van der Waals surface area contributed by atoms with Crippen molar-refractivity contribution < 1.29 is 28.2 Å². The number of esters is 1. The van der Waals surface area contributed by atoms with Crippen molar-refractivity contribution in [2.45, 2.75) is 13.8 Å². The smallest absolute Gasteiger partial charge is 0.338 e. The molecule has 1 heterocycles. The van der Waals surface area contributed by atoms with E-state index in [0.717, 1.165) is 11.1 Å². The summed E-state index contributed by atoms with van der Waals surface area (Å²) in [6.45, 7) is 3.16. The molecule has 0 aliphatic heterocycles. The van der Waals surface area contributed by atoms with E-state index in [-0.39, 0.29) is 11.4 Å². The minimum atomic E-state index is -0.642. The molecule has 1 N–H and O–H groups in total. The fraction of sp³-hybridized carbons (Fsp3) is 0.167. The third kappa shape index (κ3) is 5.37. The highest BCUT2D eigenvalue weighted by Crippen LogP contribution is 2.42. The molecule has 3 aromatic carbocycles. The Bertz CT molecular complexity index is 1510. The highest BCUT2D eigenvalue weighted by atomic mass is 16.5. The highest BCUT2D eigenvalue weighted by Gasteiger charge is 2.25. The van der Waals surface area contributed by atoms with E-state index < -0.39 is 18.5 Å². The molecule has 0 atom stereocenters. The fourth-order valence-corrected chi connectivity index (χ4v) is 3.95. The average molecular weight is 511 g/mol. The third-order valence-corrected chi connectivity index (χ3v) is 6.16. The number of hydrogen-bond donors (Lipinski definition) is 1. The topological polar surface area (TPSA) is 111 Å². The first-order chi connectivity index (χ1) is 18.4. The Labute approximate surface area is 220 Å². The zero-order chi connectivity index (χ0) is 27.2. The van der Waals surface area contributed by atoms with Crippen molar-refractivity contribution >= 4 is 17.8 Å². The number of ether oxygens (including phenoxy) is 3. The van der Waals surface area contributed by atoms with Crippen LogP contribution >= 0.6 is 0 Å². The number of nitrogens with one attached hydrogen (secondary N) is 1. The number of amides is 1. The van der Waals surface area contributed by atoms with Crippen molar-refractivity contribution in [1.82, 2.24) is 0 Å². The summed E-state index contributed by atoms with van der Waals surface area (Å²) in [5.41, 5.74) is 4.11. The van der Waals surface area contributed by atoms with E-state index >= 15 is 0 Å². The van der Waals surface area contributed by atoms with E-state index in [1.54, 1.807) is 74.9 Å². The number of rotatable bonds is 8. The molecule has 38 heavy (non-hydrogen) atoms. The molecule has 8 nitrogen and oxygen atoms in total. The van der Waals surface area contributed by atoms with Gasteiger partial charge in [0.05, 0.1) is 19.8 Å². The van der Waals surface area contributed by atoms with Gasteiger partial charge in [0.2, 0.25) is 5.88 Å². The SMILES string of the molecule is COc1ccc(-c2oc(NC(=O)COC(=O)c3cccc(C)c3C)c(C#N)c2-c2ccc(OC)cc2)cc1. The molecule has 4 rings (SSSR count). The van der Waals surface area contributed by atoms with Crippen LogP contribution in [0.4, 0.5) is 5.88 Å². The lowest BCUT2D eigenvalue weighted by atomic mass is 9.98. The summed E-state index contributed by atoms with van der Waals surface area (Å²) in [5, 5.41) is 12.6. The van der Waals surface area contributed by atoms with Crippen LogP contribution in [0.25, 0.3) is 22.5 Å². The van der Waals surface area contributed by atoms with E-state index in [9.17, 15) is 14.9 Å². The number of furan rings is 1. The minimum absolute atomic E-state index is 0.0445. The number of nitrogens with zero attached hydrogens (tertiary/aromatic N) is 1. The summed E-state index contributed by atoms with van der Waals surface area (Å²) in [5.74, 6) is 0.400. The summed E-state index contributed by atoms with van der Waals surface area (Å²) < 4.78 is 21.8. The lowest BCUT2D eigenvalue weighted by Crippen LogP contribution is -2.21. The number of benzene rings is 3. The predicted molar refractivity (Wildman–Crippen MR) is 142 cm³/mol. The zero-order valence-corrected chi connectivity index (χ0v) is 21.5. The third-order valence-electron chi connectivity index (χ3n) is 6.16. The second kappa shape index (κ2) is 11.4. The predicted octanol–water partition coefficient (Wildman–Crippen LogP) is 5.91. The number of anilines is 1. The summed E-state index contributed by atoms with van der Waals surface area (Å²) in [6.07, 6.45) is 0. The summed E-state index contributed by atoms with van der Waals surface area (Å²) >= 11 is 0. The van der Waals surface area contributed by atoms with Gasteiger partial charge in [-0.25, -0.2) is 4.79 Å². The Morgan fingerprint density at radius 2 is 1.50 bits per heavy atom. The molecule has 0 aliphatic carbocycles. The normalized spacial score (nSPS) is 10.4. The average Bonchev–Trinajstić information content (AvgIpc) is 3.31. The lowest BCUT2D eigenvalue weighted by molar-refractivity contribution is -0.119. The standard InChI is InChI=1S/C30H26N2O6/c1-18-6-5-7-24(19(18)2)30(34)37-17-26(33)32-29-25(16-31)27(20-8-12-22(35-3)13-9-20)28(38-29)21-10-14-23(36-4)15-11-21/h5-15H,17H2,1-4H3,(H,32,33). The Morgan fingerprint density at radius 1 is 0.895 bits per heavy atom. The molecule has 1 amide bonds. The summed E-state index contributed by atoms with van der Waals surface area (Å²) in [7, 11) is 3.14. The van der Waals surface area contributed by atoms with E-state index in [1.165, 1.54) is 0 Å². The van der Waals surface area contributed by atoms with Crippen LogP contribution in [0.1, 0.15) is 27.0 Å². The van der Waals surface area contributed by atoms with E-state index in [1.807, 2.05) is 19.9 Å². The molecule has 0 unspecified atom stereocenters. The Morgan fingerprint density at radius 3 is 2.08 bits per heavy atom. The van der Waals surface area contributed by atoms with Crippen molar-refractivity contribution in [3.8, 4) is 40.0 Å². The number of carbonyl (C=O) groups is 2. The summed E-state index contributed by atoms with van der Waals surface area (Å²) in [4.78, 5) is 25.3. The minimum Gasteiger partial charge on any atom is -0.497 e. The van der Waals surface area contributed by atoms with E-state index in [4.69, 9.17) is 18.6 Å². The Hall–Kier alpha value is -5.03.